The molecule has 0 saturated heterocycles. The predicted octanol–water partition coefficient (Wildman–Crippen LogP) is 16.9. The van der Waals surface area contributed by atoms with Gasteiger partial charge in [-0.3, -0.25) is 14.4 Å². The number of unbranched alkanes of at least 4 members (excludes halogenated alkanes) is 32. The van der Waals surface area contributed by atoms with Crippen molar-refractivity contribution in [3.63, 3.8) is 0 Å². The lowest BCUT2D eigenvalue weighted by molar-refractivity contribution is -0.167. The van der Waals surface area contributed by atoms with E-state index in [0.29, 0.717) is 19.3 Å². The Labute approximate surface area is 368 Å². The zero-order valence-corrected chi connectivity index (χ0v) is 40.4. The number of hydrogen-bond donors (Lipinski definition) is 0. The maximum absolute atomic E-state index is 12.8. The molecule has 0 saturated carbocycles. The fourth-order valence-electron chi connectivity index (χ4n) is 7.99. The van der Waals surface area contributed by atoms with Crippen molar-refractivity contribution in [2.75, 3.05) is 13.2 Å². The second kappa shape index (κ2) is 45.9. The van der Waals surface area contributed by atoms with Gasteiger partial charge in [0.2, 0.25) is 0 Å². The van der Waals surface area contributed by atoms with E-state index in [9.17, 15) is 14.4 Å². The van der Waals surface area contributed by atoms with Crippen molar-refractivity contribution in [3.8, 4) is 0 Å². The van der Waals surface area contributed by atoms with Crippen LogP contribution < -0.4 is 0 Å². The second-order valence-electron chi connectivity index (χ2n) is 19.1. The molecule has 0 aliphatic rings. The van der Waals surface area contributed by atoms with Crippen molar-refractivity contribution in [2.45, 2.75) is 298 Å². The molecule has 0 bridgehead atoms. The van der Waals surface area contributed by atoms with Crippen molar-refractivity contribution in [1.82, 2.24) is 0 Å². The van der Waals surface area contributed by atoms with E-state index < -0.39 is 6.10 Å². The molecule has 0 rings (SSSR count). The minimum Gasteiger partial charge on any atom is -0.462 e. The van der Waals surface area contributed by atoms with Crippen LogP contribution in [0, 0.1) is 11.8 Å². The van der Waals surface area contributed by atoms with Gasteiger partial charge in [0.05, 0.1) is 0 Å². The van der Waals surface area contributed by atoms with Gasteiger partial charge >= 0.3 is 17.9 Å². The van der Waals surface area contributed by atoms with Crippen LogP contribution in [0.25, 0.3) is 0 Å². The van der Waals surface area contributed by atoms with Crippen LogP contribution in [0.1, 0.15) is 291 Å². The fraction of sp³-hybridized carbons (Fsp3) is 0.943. The number of ether oxygens (including phenoxy) is 3. The van der Waals surface area contributed by atoms with Crippen molar-refractivity contribution in [3.05, 3.63) is 0 Å². The molecule has 59 heavy (non-hydrogen) atoms. The van der Waals surface area contributed by atoms with E-state index in [2.05, 4.69) is 34.6 Å². The van der Waals surface area contributed by atoms with E-state index in [4.69, 9.17) is 14.2 Å². The molecule has 0 heterocycles. The summed E-state index contributed by atoms with van der Waals surface area (Å²) < 4.78 is 16.8. The SMILES string of the molecule is CCCCCCCCCCCCCCCCCC(=O)OC[C@@H](COC(=O)CCCCCCCCCCCC(C)C)OC(=O)CCCCCCCCCCCCCC(C)C. The minimum absolute atomic E-state index is 0.0637. The summed E-state index contributed by atoms with van der Waals surface area (Å²) in [5, 5.41) is 0. The first-order valence-electron chi connectivity index (χ1n) is 26.2. The summed E-state index contributed by atoms with van der Waals surface area (Å²) in [6, 6.07) is 0. The van der Waals surface area contributed by atoms with Crippen molar-refractivity contribution < 1.29 is 28.6 Å². The number of rotatable bonds is 47. The lowest BCUT2D eigenvalue weighted by Gasteiger charge is -2.18. The summed E-state index contributed by atoms with van der Waals surface area (Å²) in [6.07, 6.45) is 46.6. The van der Waals surface area contributed by atoms with Crippen LogP contribution in [-0.2, 0) is 28.6 Å². The van der Waals surface area contributed by atoms with Crippen LogP contribution in [0.15, 0.2) is 0 Å². The first kappa shape index (κ1) is 57.4. The molecule has 0 fully saturated rings. The molecular weight excluding hydrogens is 733 g/mol. The van der Waals surface area contributed by atoms with Crippen molar-refractivity contribution in [1.29, 1.82) is 0 Å². The Morgan fingerprint density at radius 2 is 0.559 bits per heavy atom. The van der Waals surface area contributed by atoms with Crippen LogP contribution in [0.4, 0.5) is 0 Å². The van der Waals surface area contributed by atoms with E-state index in [1.54, 1.807) is 0 Å². The number of carbonyl (C=O) groups is 3. The maximum Gasteiger partial charge on any atom is 0.306 e. The third-order valence-corrected chi connectivity index (χ3v) is 12.0. The zero-order chi connectivity index (χ0) is 43.3. The molecule has 0 spiro atoms. The summed E-state index contributed by atoms with van der Waals surface area (Å²) in [6.45, 7) is 11.4. The first-order chi connectivity index (χ1) is 28.7. The Kier molecular flexibility index (Phi) is 44.7. The molecule has 0 amide bonds. The Morgan fingerprint density at radius 1 is 0.322 bits per heavy atom. The predicted molar refractivity (Wildman–Crippen MR) is 252 cm³/mol. The van der Waals surface area contributed by atoms with Crippen molar-refractivity contribution >= 4 is 17.9 Å². The average Bonchev–Trinajstić information content (AvgIpc) is 3.20. The van der Waals surface area contributed by atoms with Crippen LogP contribution in [-0.4, -0.2) is 37.2 Å². The van der Waals surface area contributed by atoms with E-state index in [1.165, 1.54) is 180 Å². The lowest BCUT2D eigenvalue weighted by Crippen LogP contribution is -2.30. The third-order valence-electron chi connectivity index (χ3n) is 12.0. The molecule has 0 N–H and O–H groups in total. The third kappa shape index (κ3) is 47.3. The quantitative estimate of drug-likeness (QED) is 0.0345. The van der Waals surface area contributed by atoms with Gasteiger partial charge in [-0.25, -0.2) is 0 Å². The minimum atomic E-state index is -0.762. The first-order valence-corrected chi connectivity index (χ1v) is 26.2. The van der Waals surface area contributed by atoms with Crippen LogP contribution >= 0.6 is 0 Å². The molecule has 0 aromatic carbocycles. The van der Waals surface area contributed by atoms with Gasteiger partial charge in [0.15, 0.2) is 6.10 Å². The van der Waals surface area contributed by atoms with Crippen LogP contribution in [0.5, 0.6) is 0 Å². The molecule has 6 nitrogen and oxygen atoms in total. The van der Waals surface area contributed by atoms with E-state index in [0.717, 1.165) is 69.6 Å². The van der Waals surface area contributed by atoms with Gasteiger partial charge in [-0.15, -0.1) is 0 Å². The Balaban J connectivity index is 4.31. The largest absolute Gasteiger partial charge is 0.462 e. The number of esters is 3. The summed E-state index contributed by atoms with van der Waals surface area (Å²) in [4.78, 5) is 38.0. The Morgan fingerprint density at radius 3 is 0.831 bits per heavy atom. The Hall–Kier alpha value is -1.59. The molecule has 0 aliphatic heterocycles. The number of carbonyl (C=O) groups excluding carboxylic acids is 3. The summed E-state index contributed by atoms with van der Waals surface area (Å²) >= 11 is 0. The highest BCUT2D eigenvalue weighted by Crippen LogP contribution is 2.17. The van der Waals surface area contributed by atoms with E-state index in [-0.39, 0.29) is 31.1 Å². The van der Waals surface area contributed by atoms with Gasteiger partial charge in [0.25, 0.3) is 0 Å². The Bertz CT molecular complexity index is 900. The highest BCUT2D eigenvalue weighted by Gasteiger charge is 2.19. The van der Waals surface area contributed by atoms with Gasteiger partial charge in [-0.05, 0) is 31.1 Å². The van der Waals surface area contributed by atoms with Gasteiger partial charge in [0.1, 0.15) is 13.2 Å². The van der Waals surface area contributed by atoms with E-state index >= 15 is 0 Å². The second-order valence-corrected chi connectivity index (χ2v) is 19.1. The summed E-state index contributed by atoms with van der Waals surface area (Å²) in [5.41, 5.74) is 0. The van der Waals surface area contributed by atoms with Gasteiger partial charge in [-0.2, -0.15) is 0 Å². The molecular formula is C53H102O6. The molecule has 0 unspecified atom stereocenters. The molecule has 0 aromatic heterocycles. The normalized spacial score (nSPS) is 12.1. The fourth-order valence-corrected chi connectivity index (χ4v) is 7.99. The molecule has 1 atom stereocenters. The summed E-state index contributed by atoms with van der Waals surface area (Å²) in [5.74, 6) is 0.785. The van der Waals surface area contributed by atoms with Crippen LogP contribution in [0.2, 0.25) is 0 Å². The standard InChI is InChI=1S/C53H102O6/c1-6-7-8-9-10-11-12-13-14-15-18-23-28-33-38-43-51(54)57-46-50(47-58-52(55)44-39-34-29-25-20-22-27-32-37-42-49(4)5)59-53(56)45-40-35-30-24-19-16-17-21-26-31-36-41-48(2)3/h48-50H,6-47H2,1-5H3/t50-/m0/s1. The van der Waals surface area contributed by atoms with E-state index in [1.807, 2.05) is 0 Å². The maximum atomic E-state index is 12.8. The van der Waals surface area contributed by atoms with Gasteiger partial charge < -0.3 is 14.2 Å². The lowest BCUT2D eigenvalue weighted by atomic mass is 10.0. The number of hydrogen-bond acceptors (Lipinski definition) is 6. The highest BCUT2D eigenvalue weighted by molar-refractivity contribution is 5.71. The van der Waals surface area contributed by atoms with Gasteiger partial charge in [0, 0.05) is 19.3 Å². The molecule has 0 aliphatic carbocycles. The van der Waals surface area contributed by atoms with Crippen molar-refractivity contribution in [2.24, 2.45) is 11.8 Å². The molecule has 350 valence electrons. The smallest absolute Gasteiger partial charge is 0.306 e. The molecule has 0 radical (unpaired) electrons. The van der Waals surface area contributed by atoms with Gasteiger partial charge in [-0.1, -0.05) is 253 Å². The zero-order valence-electron chi connectivity index (χ0n) is 40.4. The van der Waals surface area contributed by atoms with Crippen LogP contribution in [0.3, 0.4) is 0 Å². The highest BCUT2D eigenvalue weighted by atomic mass is 16.6. The summed E-state index contributed by atoms with van der Waals surface area (Å²) in [7, 11) is 0. The monoisotopic (exact) mass is 835 g/mol. The average molecular weight is 835 g/mol. The molecule has 0 aromatic rings. The topological polar surface area (TPSA) is 78.9 Å². The molecule has 6 heteroatoms.